The monoisotopic (exact) mass is 322 g/mol. The Bertz CT molecular complexity index is 550. The molecule has 0 radical (unpaired) electrons. The van der Waals surface area contributed by atoms with Gasteiger partial charge in [-0.15, -0.1) is 0 Å². The van der Waals surface area contributed by atoms with Gasteiger partial charge in [-0.05, 0) is 33.8 Å². The molecule has 6 heteroatoms. The molecule has 1 aromatic carbocycles. The van der Waals surface area contributed by atoms with Crippen molar-refractivity contribution in [1.82, 2.24) is 10.6 Å². The number of carbonyl (C=O) groups is 1. The molecule has 0 saturated heterocycles. The van der Waals surface area contributed by atoms with E-state index in [1.54, 1.807) is 6.07 Å². The van der Waals surface area contributed by atoms with E-state index in [2.05, 4.69) is 10.6 Å². The van der Waals surface area contributed by atoms with Crippen LogP contribution < -0.4 is 10.6 Å². The Morgan fingerprint density at radius 2 is 1.91 bits per heavy atom. The fourth-order valence-corrected chi connectivity index (χ4v) is 1.88. The highest BCUT2D eigenvalue weighted by Crippen LogP contribution is 2.27. The molecule has 1 rings (SSSR count). The molecule has 0 heterocycles. The van der Waals surface area contributed by atoms with Crippen molar-refractivity contribution in [2.75, 3.05) is 13.1 Å². The maximum absolute atomic E-state index is 11.4. The van der Waals surface area contributed by atoms with Crippen molar-refractivity contribution in [3.05, 3.63) is 35.9 Å². The Balaban J connectivity index is 2.29. The molecular formula is C17H26N2O4. The number of hydrogen-bond donors (Lipinski definition) is 4. The smallest absolute Gasteiger partial charge is 0.407 e. The van der Waals surface area contributed by atoms with Crippen LogP contribution in [0.1, 0.15) is 39.3 Å². The highest BCUT2D eigenvalue weighted by atomic mass is 16.6. The molecule has 0 aromatic heterocycles. The van der Waals surface area contributed by atoms with Crippen molar-refractivity contribution in [1.29, 1.82) is 0 Å². The minimum absolute atomic E-state index is 0.0339. The topological polar surface area (TPSA) is 90.8 Å². The molecule has 0 bridgehead atoms. The molecule has 0 spiro atoms. The fourth-order valence-electron chi connectivity index (χ4n) is 1.88. The number of aromatic hydroxyl groups is 2. The summed E-state index contributed by atoms with van der Waals surface area (Å²) in [5.41, 5.74) is 0.208. The SMILES string of the molecule is CC(NC/C=C/CNC(=O)OC(C)(C)C)c1ccc(O)cc1O. The van der Waals surface area contributed by atoms with Crippen LogP contribution in [0.3, 0.4) is 0 Å². The molecular weight excluding hydrogens is 296 g/mol. The predicted octanol–water partition coefficient (Wildman–Crippen LogP) is 2.83. The summed E-state index contributed by atoms with van der Waals surface area (Å²) in [6, 6.07) is 4.46. The zero-order chi connectivity index (χ0) is 17.5. The average Bonchev–Trinajstić information content (AvgIpc) is 2.40. The molecule has 1 aromatic rings. The van der Waals surface area contributed by atoms with Gasteiger partial charge in [-0.25, -0.2) is 4.79 Å². The molecule has 0 saturated carbocycles. The van der Waals surface area contributed by atoms with Gasteiger partial charge in [0.05, 0.1) is 0 Å². The normalized spacial score (nSPS) is 13.0. The molecule has 0 aliphatic heterocycles. The van der Waals surface area contributed by atoms with Crippen molar-refractivity contribution in [2.24, 2.45) is 0 Å². The number of benzene rings is 1. The third-order valence-electron chi connectivity index (χ3n) is 2.95. The first-order valence-corrected chi connectivity index (χ1v) is 7.56. The van der Waals surface area contributed by atoms with Gasteiger partial charge in [0.1, 0.15) is 17.1 Å². The van der Waals surface area contributed by atoms with Crippen LogP contribution in [0.25, 0.3) is 0 Å². The molecule has 23 heavy (non-hydrogen) atoms. The van der Waals surface area contributed by atoms with Gasteiger partial charge in [-0.3, -0.25) is 0 Å². The van der Waals surface area contributed by atoms with Gasteiger partial charge in [-0.1, -0.05) is 18.2 Å². The zero-order valence-electron chi connectivity index (χ0n) is 14.1. The summed E-state index contributed by atoms with van der Waals surface area (Å²) in [4.78, 5) is 11.4. The van der Waals surface area contributed by atoms with Crippen molar-refractivity contribution in [2.45, 2.75) is 39.3 Å². The number of ether oxygens (including phenoxy) is 1. The molecule has 0 fully saturated rings. The number of hydrogen-bond acceptors (Lipinski definition) is 5. The Hall–Kier alpha value is -2.21. The average molecular weight is 322 g/mol. The third-order valence-corrected chi connectivity index (χ3v) is 2.95. The van der Waals surface area contributed by atoms with Crippen LogP contribution in [0.5, 0.6) is 11.5 Å². The van der Waals surface area contributed by atoms with E-state index >= 15 is 0 Å². The summed E-state index contributed by atoms with van der Waals surface area (Å²) >= 11 is 0. The first-order valence-electron chi connectivity index (χ1n) is 7.56. The minimum Gasteiger partial charge on any atom is -0.508 e. The zero-order valence-corrected chi connectivity index (χ0v) is 14.1. The van der Waals surface area contributed by atoms with Crippen molar-refractivity contribution >= 4 is 6.09 Å². The summed E-state index contributed by atoms with van der Waals surface area (Å²) < 4.78 is 5.12. The lowest BCUT2D eigenvalue weighted by atomic mass is 10.1. The van der Waals surface area contributed by atoms with Gasteiger partial charge in [-0.2, -0.15) is 0 Å². The van der Waals surface area contributed by atoms with E-state index in [1.807, 2.05) is 39.8 Å². The van der Waals surface area contributed by atoms with Gasteiger partial charge in [0.15, 0.2) is 0 Å². The number of phenols is 2. The van der Waals surface area contributed by atoms with Crippen LogP contribution >= 0.6 is 0 Å². The number of alkyl carbamates (subject to hydrolysis) is 1. The number of amides is 1. The lowest BCUT2D eigenvalue weighted by molar-refractivity contribution is 0.0534. The van der Waals surface area contributed by atoms with E-state index in [9.17, 15) is 15.0 Å². The second-order valence-corrected chi connectivity index (χ2v) is 6.23. The molecule has 128 valence electrons. The van der Waals surface area contributed by atoms with Crippen LogP contribution in [-0.2, 0) is 4.74 Å². The Morgan fingerprint density at radius 1 is 1.26 bits per heavy atom. The van der Waals surface area contributed by atoms with Gasteiger partial charge in [0, 0.05) is 30.8 Å². The highest BCUT2D eigenvalue weighted by molar-refractivity contribution is 5.67. The van der Waals surface area contributed by atoms with Gasteiger partial charge >= 0.3 is 6.09 Å². The maximum Gasteiger partial charge on any atom is 0.407 e. The Morgan fingerprint density at radius 3 is 2.52 bits per heavy atom. The molecule has 1 unspecified atom stereocenters. The second-order valence-electron chi connectivity index (χ2n) is 6.23. The Labute approximate surface area is 137 Å². The Kier molecular flexibility index (Phi) is 6.90. The summed E-state index contributed by atoms with van der Waals surface area (Å²) in [7, 11) is 0. The van der Waals surface area contributed by atoms with Gasteiger partial charge < -0.3 is 25.6 Å². The fraction of sp³-hybridized carbons (Fsp3) is 0.471. The number of phenolic OH excluding ortho intramolecular Hbond substituents is 2. The minimum atomic E-state index is -0.503. The largest absolute Gasteiger partial charge is 0.508 e. The standard InChI is InChI=1S/C17H26N2O4/c1-12(14-8-7-13(20)11-15(14)21)18-9-5-6-10-19-16(22)23-17(2,3)4/h5-8,11-12,18,20-21H,9-10H2,1-4H3,(H,19,22)/b6-5+. The van der Waals surface area contributed by atoms with Crippen LogP contribution in [0.2, 0.25) is 0 Å². The first kappa shape index (κ1) is 18.8. The molecule has 4 N–H and O–H groups in total. The van der Waals surface area contributed by atoms with Crippen molar-refractivity contribution in [3.63, 3.8) is 0 Å². The molecule has 0 aliphatic carbocycles. The van der Waals surface area contributed by atoms with Crippen molar-refractivity contribution < 1.29 is 19.7 Å². The number of nitrogens with one attached hydrogen (secondary N) is 2. The predicted molar refractivity (Wildman–Crippen MR) is 89.6 cm³/mol. The lowest BCUT2D eigenvalue weighted by Crippen LogP contribution is -2.32. The first-order chi connectivity index (χ1) is 10.7. The van der Waals surface area contributed by atoms with Crippen LogP contribution in [0, 0.1) is 0 Å². The summed E-state index contributed by atoms with van der Waals surface area (Å²) in [5.74, 6) is 0.0899. The molecule has 1 amide bonds. The van der Waals surface area contributed by atoms with Crippen LogP contribution in [-0.4, -0.2) is 35.0 Å². The van der Waals surface area contributed by atoms with E-state index in [-0.39, 0.29) is 17.5 Å². The van der Waals surface area contributed by atoms with E-state index in [0.717, 1.165) is 0 Å². The van der Waals surface area contributed by atoms with E-state index < -0.39 is 11.7 Å². The van der Waals surface area contributed by atoms with Crippen LogP contribution in [0.15, 0.2) is 30.4 Å². The van der Waals surface area contributed by atoms with Gasteiger partial charge in [0.2, 0.25) is 0 Å². The van der Waals surface area contributed by atoms with E-state index in [0.29, 0.717) is 18.7 Å². The van der Waals surface area contributed by atoms with Crippen LogP contribution in [0.4, 0.5) is 4.79 Å². The number of rotatable bonds is 6. The summed E-state index contributed by atoms with van der Waals surface area (Å²) in [6.45, 7) is 8.32. The quantitative estimate of drug-likeness (QED) is 0.605. The molecule has 6 nitrogen and oxygen atoms in total. The highest BCUT2D eigenvalue weighted by Gasteiger charge is 2.15. The van der Waals surface area contributed by atoms with Gasteiger partial charge in [0.25, 0.3) is 0 Å². The third kappa shape index (κ3) is 7.56. The van der Waals surface area contributed by atoms with E-state index in [4.69, 9.17) is 4.74 Å². The summed E-state index contributed by atoms with van der Waals surface area (Å²) in [6.07, 6.45) is 3.25. The second kappa shape index (κ2) is 8.43. The molecule has 1 atom stereocenters. The molecule has 0 aliphatic rings. The maximum atomic E-state index is 11.4. The number of carbonyl (C=O) groups excluding carboxylic acids is 1. The summed E-state index contributed by atoms with van der Waals surface area (Å²) in [5, 5.41) is 24.9. The van der Waals surface area contributed by atoms with Crippen molar-refractivity contribution in [3.8, 4) is 11.5 Å². The van der Waals surface area contributed by atoms with E-state index in [1.165, 1.54) is 12.1 Å². The lowest BCUT2D eigenvalue weighted by Gasteiger charge is -2.19.